The van der Waals surface area contributed by atoms with Gasteiger partial charge in [-0.3, -0.25) is 4.79 Å². The molecule has 4 N–H and O–H groups in total. The third-order valence-corrected chi connectivity index (χ3v) is 4.92. The van der Waals surface area contributed by atoms with Gasteiger partial charge < -0.3 is 16.3 Å². The molecule has 0 saturated heterocycles. The second-order valence-electron chi connectivity index (χ2n) is 7.57. The van der Waals surface area contributed by atoms with Gasteiger partial charge in [0, 0.05) is 11.5 Å². The van der Waals surface area contributed by atoms with E-state index < -0.39 is 70.9 Å². The molecular weight excluding hydrogens is 497 g/mol. The Bertz CT molecular complexity index is 1090. The second kappa shape index (κ2) is 10.0. The van der Waals surface area contributed by atoms with Crippen molar-refractivity contribution in [3.8, 4) is 0 Å². The fourth-order valence-electron chi connectivity index (χ4n) is 3.21. The first kappa shape index (κ1) is 27.8. The molecule has 0 heterocycles. The van der Waals surface area contributed by atoms with E-state index in [2.05, 4.69) is 5.16 Å². The maximum Gasteiger partial charge on any atom is 0.417 e. The molecular formula is C21H18F9N3O2. The van der Waals surface area contributed by atoms with E-state index >= 15 is 0 Å². The molecule has 1 amide bonds. The lowest BCUT2D eigenvalue weighted by molar-refractivity contribution is -0.164. The number of nitrogens with two attached hydrogens (primary N) is 1. The number of oxime groups is 1. The van der Waals surface area contributed by atoms with Crippen molar-refractivity contribution in [3.63, 3.8) is 0 Å². The van der Waals surface area contributed by atoms with E-state index in [-0.39, 0.29) is 11.6 Å². The van der Waals surface area contributed by atoms with E-state index in [9.17, 15) is 44.3 Å². The molecule has 2 rings (SSSR count). The molecule has 2 atom stereocenters. The number of rotatable bonds is 6. The number of benzene rings is 2. The number of amidine groups is 1. The van der Waals surface area contributed by atoms with E-state index in [1.165, 1.54) is 0 Å². The van der Waals surface area contributed by atoms with E-state index in [1.807, 2.05) is 0 Å². The molecule has 0 aliphatic heterocycles. The molecule has 2 unspecified atom stereocenters. The minimum atomic E-state index is -5.16. The highest BCUT2D eigenvalue weighted by atomic mass is 19.4. The number of hydrogen-bond donors (Lipinski definition) is 3. The maximum absolute atomic E-state index is 13.6. The first-order chi connectivity index (χ1) is 15.9. The van der Waals surface area contributed by atoms with Crippen LogP contribution in [0.3, 0.4) is 0 Å². The third kappa shape index (κ3) is 7.02. The summed E-state index contributed by atoms with van der Waals surface area (Å²) in [5, 5.41) is 12.8. The van der Waals surface area contributed by atoms with Crippen molar-refractivity contribution in [2.75, 3.05) is 0 Å². The van der Waals surface area contributed by atoms with Crippen LogP contribution in [-0.4, -0.2) is 23.1 Å². The average Bonchev–Trinajstić information content (AvgIpc) is 2.74. The van der Waals surface area contributed by atoms with Crippen LogP contribution in [0.2, 0.25) is 0 Å². The van der Waals surface area contributed by atoms with Gasteiger partial charge in [0.15, 0.2) is 11.9 Å². The second-order valence-corrected chi connectivity index (χ2v) is 7.57. The molecule has 2 aromatic rings. The summed E-state index contributed by atoms with van der Waals surface area (Å²) in [4.78, 5) is 12.4. The lowest BCUT2D eigenvalue weighted by Crippen LogP contribution is -2.41. The van der Waals surface area contributed by atoms with Crippen LogP contribution in [0.4, 0.5) is 39.5 Å². The highest BCUT2D eigenvalue weighted by molar-refractivity contribution is 5.98. The summed E-state index contributed by atoms with van der Waals surface area (Å²) >= 11 is 0. The molecule has 14 heteroatoms. The average molecular weight is 515 g/mol. The van der Waals surface area contributed by atoms with Crippen molar-refractivity contribution in [2.24, 2.45) is 16.8 Å². The number of halogens is 9. The summed E-state index contributed by atoms with van der Waals surface area (Å²) in [5.41, 5.74) is 0.977. The van der Waals surface area contributed by atoms with Gasteiger partial charge >= 0.3 is 18.5 Å². The molecule has 0 aromatic heterocycles. The molecule has 0 bridgehead atoms. The van der Waals surface area contributed by atoms with Gasteiger partial charge in [0.2, 0.25) is 5.91 Å². The monoisotopic (exact) mass is 515 g/mol. The number of hydrogen-bond acceptors (Lipinski definition) is 3. The minimum Gasteiger partial charge on any atom is -0.409 e. The zero-order valence-electron chi connectivity index (χ0n) is 17.7. The number of amides is 1. The van der Waals surface area contributed by atoms with Crippen LogP contribution in [0, 0.1) is 5.92 Å². The Morgan fingerprint density at radius 3 is 2.14 bits per heavy atom. The number of nitrogens with zero attached hydrogens (tertiary/aromatic N) is 1. The number of carbonyl (C=O) groups is 1. The van der Waals surface area contributed by atoms with Gasteiger partial charge in [-0.05, 0) is 35.7 Å². The summed E-state index contributed by atoms with van der Waals surface area (Å²) in [6, 6.07) is 2.15. The quantitative estimate of drug-likeness (QED) is 0.158. The van der Waals surface area contributed by atoms with Gasteiger partial charge in [-0.25, -0.2) is 0 Å². The molecule has 35 heavy (non-hydrogen) atoms. The summed E-state index contributed by atoms with van der Waals surface area (Å²) in [7, 11) is 0. The van der Waals surface area contributed by atoms with Crippen molar-refractivity contribution in [1.29, 1.82) is 0 Å². The molecule has 0 aliphatic carbocycles. The van der Waals surface area contributed by atoms with Crippen LogP contribution >= 0.6 is 0 Å². The lowest BCUT2D eigenvalue weighted by Gasteiger charge is -2.24. The predicted molar refractivity (Wildman–Crippen MR) is 105 cm³/mol. The van der Waals surface area contributed by atoms with E-state index in [0.717, 1.165) is 31.2 Å². The molecule has 2 aromatic carbocycles. The Morgan fingerprint density at radius 2 is 1.63 bits per heavy atom. The first-order valence-corrected chi connectivity index (χ1v) is 9.67. The van der Waals surface area contributed by atoms with Gasteiger partial charge in [-0.15, -0.1) is 0 Å². The van der Waals surface area contributed by atoms with Gasteiger partial charge in [-0.1, -0.05) is 36.3 Å². The van der Waals surface area contributed by atoms with Crippen LogP contribution in [0.15, 0.2) is 47.6 Å². The van der Waals surface area contributed by atoms with Crippen LogP contribution in [-0.2, 0) is 23.6 Å². The number of nitrogens with one attached hydrogen (secondary N) is 1. The molecule has 5 nitrogen and oxygen atoms in total. The Hall–Kier alpha value is -3.45. The van der Waals surface area contributed by atoms with Crippen LogP contribution in [0.1, 0.15) is 40.8 Å². The zero-order valence-corrected chi connectivity index (χ0v) is 17.7. The molecule has 0 radical (unpaired) electrons. The Morgan fingerprint density at radius 1 is 1.00 bits per heavy atom. The van der Waals surface area contributed by atoms with Gasteiger partial charge in [0.05, 0.1) is 11.1 Å². The minimum absolute atomic E-state index is 0.0999. The van der Waals surface area contributed by atoms with Crippen LogP contribution in [0.5, 0.6) is 0 Å². The van der Waals surface area contributed by atoms with Crippen molar-refractivity contribution in [1.82, 2.24) is 5.32 Å². The van der Waals surface area contributed by atoms with Gasteiger partial charge in [0.25, 0.3) is 0 Å². The van der Waals surface area contributed by atoms with Gasteiger partial charge in [0.1, 0.15) is 0 Å². The Kier molecular flexibility index (Phi) is 7.97. The molecule has 0 saturated carbocycles. The fourth-order valence-corrected chi connectivity index (χ4v) is 3.21. The summed E-state index contributed by atoms with van der Waals surface area (Å²) in [6.07, 6.45) is -15.5. The fraction of sp³-hybridized carbons (Fsp3) is 0.333. The smallest absolute Gasteiger partial charge is 0.409 e. The first-order valence-electron chi connectivity index (χ1n) is 9.67. The number of carbonyl (C=O) groups excluding carboxylic acids is 1. The third-order valence-electron chi connectivity index (χ3n) is 4.92. The molecule has 0 fully saturated rings. The largest absolute Gasteiger partial charge is 0.417 e. The van der Waals surface area contributed by atoms with Crippen molar-refractivity contribution >= 4 is 11.7 Å². The standard InChI is InChI=1S/C21H18F9N3O2/c1-10(7-11-5-6-14(17(31)33-35)15(8-11)20(25,26)27)18(34)32-16(21(28,29)30)12-3-2-4-13(9-12)19(22,23)24/h2-6,8-10,16,35H,7H2,1H3,(H2,31,33)(H,32,34). The number of alkyl halides is 9. The Balaban J connectivity index is 2.30. The van der Waals surface area contributed by atoms with Crippen molar-refractivity contribution < 1.29 is 49.5 Å². The molecule has 0 aliphatic rings. The lowest BCUT2D eigenvalue weighted by atomic mass is 9.95. The van der Waals surface area contributed by atoms with Crippen molar-refractivity contribution in [3.05, 3.63) is 70.3 Å². The molecule has 0 spiro atoms. The van der Waals surface area contributed by atoms with Crippen LogP contribution < -0.4 is 11.1 Å². The van der Waals surface area contributed by atoms with E-state index in [1.54, 1.807) is 5.32 Å². The van der Waals surface area contributed by atoms with Crippen LogP contribution in [0.25, 0.3) is 0 Å². The van der Waals surface area contributed by atoms with Crippen molar-refractivity contribution in [2.45, 2.75) is 37.9 Å². The highest BCUT2D eigenvalue weighted by Crippen LogP contribution is 2.37. The van der Waals surface area contributed by atoms with E-state index in [4.69, 9.17) is 10.9 Å². The zero-order chi connectivity index (χ0) is 26.8. The SMILES string of the molecule is CC(Cc1ccc(C(N)=NO)c(C(F)(F)F)c1)C(=O)NC(c1cccc(C(F)(F)F)c1)C(F)(F)F. The topological polar surface area (TPSA) is 87.7 Å². The normalized spacial score (nSPS) is 15.0. The summed E-state index contributed by atoms with van der Waals surface area (Å²) in [6.45, 7) is 1.14. The Labute approximate surface area is 192 Å². The summed E-state index contributed by atoms with van der Waals surface area (Å²) < 4.78 is 119. The molecule has 192 valence electrons. The maximum atomic E-state index is 13.6. The highest BCUT2D eigenvalue weighted by Gasteiger charge is 2.43. The van der Waals surface area contributed by atoms with E-state index in [0.29, 0.717) is 12.1 Å². The van der Waals surface area contributed by atoms with Gasteiger partial charge in [-0.2, -0.15) is 39.5 Å². The summed E-state index contributed by atoms with van der Waals surface area (Å²) in [5.74, 6) is -3.39. The predicted octanol–water partition coefficient (Wildman–Crippen LogP) is 5.42.